The molecule has 11 aromatic rings. The molecular weight excluding hydrogens is 841 g/mol. The van der Waals surface area contributed by atoms with E-state index in [1.54, 1.807) is 12.4 Å². The summed E-state index contributed by atoms with van der Waals surface area (Å²) < 4.78 is 0. The van der Waals surface area contributed by atoms with E-state index < -0.39 is 0 Å². The topological polar surface area (TPSA) is 77.3 Å². The van der Waals surface area contributed by atoms with Crippen molar-refractivity contribution in [3.8, 4) is 101 Å². The third-order valence-corrected chi connectivity index (χ3v) is 12.6. The molecular formula is C63H46N6. The van der Waals surface area contributed by atoms with Gasteiger partial charge >= 0.3 is 0 Å². The number of hydrogen-bond donors (Lipinski definition) is 0. The molecule has 0 saturated heterocycles. The summed E-state index contributed by atoms with van der Waals surface area (Å²) in [5, 5.41) is 0. The summed E-state index contributed by atoms with van der Waals surface area (Å²) in [4.78, 5) is 29.2. The summed E-state index contributed by atoms with van der Waals surface area (Å²) in [7, 11) is 0. The molecule has 0 aliphatic carbocycles. The number of rotatable bonds is 12. The van der Waals surface area contributed by atoms with E-state index in [1.165, 1.54) is 27.8 Å². The van der Waals surface area contributed by atoms with Crippen LogP contribution in [0.15, 0.2) is 237 Å². The summed E-state index contributed by atoms with van der Waals surface area (Å²) in [5.74, 6) is 1.33. The first kappa shape index (κ1) is 42.6. The van der Waals surface area contributed by atoms with Gasteiger partial charge in [0.25, 0.3) is 0 Å². The van der Waals surface area contributed by atoms with Gasteiger partial charge in [-0.1, -0.05) is 176 Å². The number of hydrogen-bond acceptors (Lipinski definition) is 6. The Bertz CT molecular complexity index is 3400. The second kappa shape index (κ2) is 19.5. The summed E-state index contributed by atoms with van der Waals surface area (Å²) in [6.45, 7) is 2.22. The highest BCUT2D eigenvalue weighted by Crippen LogP contribution is 2.37. The number of aromatic nitrogens is 6. The summed E-state index contributed by atoms with van der Waals surface area (Å²) in [6.07, 6.45) is 5.46. The Labute approximate surface area is 402 Å². The first-order valence-electron chi connectivity index (χ1n) is 23.3. The van der Waals surface area contributed by atoms with Crippen molar-refractivity contribution >= 4 is 0 Å². The van der Waals surface area contributed by atoms with Gasteiger partial charge in [-0.25, -0.2) is 19.9 Å². The van der Waals surface area contributed by atoms with Crippen LogP contribution in [0.25, 0.3) is 101 Å². The molecule has 4 heterocycles. The molecule has 0 aliphatic rings. The highest BCUT2D eigenvalue weighted by Gasteiger charge is 2.16. The molecule has 0 radical (unpaired) electrons. The van der Waals surface area contributed by atoms with Crippen LogP contribution in [0.4, 0.5) is 0 Å². The molecule has 0 spiro atoms. The molecule has 7 aromatic carbocycles. The molecule has 0 atom stereocenters. The van der Waals surface area contributed by atoms with Crippen LogP contribution in [0.5, 0.6) is 0 Å². The van der Waals surface area contributed by atoms with Crippen molar-refractivity contribution in [2.24, 2.45) is 0 Å². The van der Waals surface area contributed by atoms with Crippen LogP contribution < -0.4 is 0 Å². The van der Waals surface area contributed by atoms with Gasteiger partial charge in [-0.05, 0) is 118 Å². The van der Waals surface area contributed by atoms with Crippen LogP contribution >= 0.6 is 0 Å². The normalized spacial score (nSPS) is 11.1. The lowest BCUT2D eigenvalue weighted by molar-refractivity contribution is 0.962. The Kier molecular flexibility index (Phi) is 12.0. The average molecular weight is 887 g/mol. The Hall–Kier alpha value is -9.00. The zero-order valence-electron chi connectivity index (χ0n) is 38.1. The zero-order chi connectivity index (χ0) is 46.4. The van der Waals surface area contributed by atoms with Gasteiger partial charge < -0.3 is 0 Å². The second-order valence-corrected chi connectivity index (χ2v) is 17.1. The van der Waals surface area contributed by atoms with E-state index in [1.807, 2.05) is 109 Å². The fraction of sp³-hybridized carbons (Fsp3) is 0.0476. The molecule has 0 saturated carbocycles. The van der Waals surface area contributed by atoms with E-state index in [0.717, 1.165) is 91.5 Å². The molecule has 11 rings (SSSR count). The smallest absolute Gasteiger partial charge is 0.160 e. The van der Waals surface area contributed by atoms with Gasteiger partial charge in [-0.15, -0.1) is 0 Å². The first-order valence-corrected chi connectivity index (χ1v) is 23.3. The van der Waals surface area contributed by atoms with Gasteiger partial charge in [0.15, 0.2) is 11.6 Å². The molecule has 0 aliphatic heterocycles. The van der Waals surface area contributed by atoms with E-state index in [2.05, 4.69) is 132 Å². The van der Waals surface area contributed by atoms with Crippen molar-refractivity contribution in [2.75, 3.05) is 0 Å². The Balaban J connectivity index is 0.936. The molecule has 6 nitrogen and oxygen atoms in total. The van der Waals surface area contributed by atoms with Crippen LogP contribution in [0.3, 0.4) is 0 Å². The Morgan fingerprint density at radius 2 is 0.710 bits per heavy atom. The van der Waals surface area contributed by atoms with E-state index in [-0.39, 0.29) is 0 Å². The molecule has 0 bridgehead atoms. The van der Waals surface area contributed by atoms with E-state index in [0.29, 0.717) is 11.6 Å². The summed E-state index contributed by atoms with van der Waals surface area (Å²) in [6, 6.07) is 78.1. The monoisotopic (exact) mass is 886 g/mol. The lowest BCUT2D eigenvalue weighted by atomic mass is 9.88. The lowest BCUT2D eigenvalue weighted by Gasteiger charge is -2.17. The molecule has 0 amide bonds. The van der Waals surface area contributed by atoms with Gasteiger partial charge in [-0.3, -0.25) is 9.97 Å². The third-order valence-electron chi connectivity index (χ3n) is 12.6. The van der Waals surface area contributed by atoms with Crippen molar-refractivity contribution in [1.82, 2.24) is 29.9 Å². The largest absolute Gasteiger partial charge is 0.255 e. The molecule has 69 heavy (non-hydrogen) atoms. The summed E-state index contributed by atoms with van der Waals surface area (Å²) in [5.41, 5.74) is 19.7. The SMILES string of the molecule is Cc1ccc(-c2ccc(-c3cc(-c4ccccn4)nc(-c4ccccc4)n3)cc2)cc1-c1cc(-c2ccc(-c3cc(-c4ccccn4)nc(-c4ccccc4)n3)cc2)ccc1CCc1ccccc1. The quantitative estimate of drug-likeness (QED) is 0.122. The molecule has 0 N–H and O–H groups in total. The van der Waals surface area contributed by atoms with Crippen molar-refractivity contribution in [2.45, 2.75) is 19.8 Å². The molecule has 0 unspecified atom stereocenters. The fourth-order valence-corrected chi connectivity index (χ4v) is 8.82. The lowest BCUT2D eigenvalue weighted by Crippen LogP contribution is -1.98. The van der Waals surface area contributed by atoms with Crippen LogP contribution in [0.2, 0.25) is 0 Å². The van der Waals surface area contributed by atoms with Gasteiger partial charge in [0, 0.05) is 34.6 Å². The highest BCUT2D eigenvalue weighted by molar-refractivity contribution is 5.83. The number of benzene rings is 7. The van der Waals surface area contributed by atoms with Crippen LogP contribution in [-0.4, -0.2) is 29.9 Å². The molecule has 328 valence electrons. The predicted molar refractivity (Wildman–Crippen MR) is 281 cm³/mol. The van der Waals surface area contributed by atoms with E-state index >= 15 is 0 Å². The minimum atomic E-state index is 0.667. The Morgan fingerprint density at radius 3 is 1.20 bits per heavy atom. The number of pyridine rings is 2. The van der Waals surface area contributed by atoms with Crippen molar-refractivity contribution < 1.29 is 0 Å². The Morgan fingerprint density at radius 1 is 0.290 bits per heavy atom. The maximum absolute atomic E-state index is 5.06. The number of nitrogens with zero attached hydrogens (tertiary/aromatic N) is 6. The molecule has 6 heteroatoms. The number of aryl methyl sites for hydroxylation is 3. The average Bonchev–Trinajstić information content (AvgIpc) is 3.43. The third kappa shape index (κ3) is 9.51. The van der Waals surface area contributed by atoms with E-state index in [4.69, 9.17) is 19.9 Å². The standard InChI is InChI=1S/C63H46N6/c1-43-23-25-52(45-27-32-48(33-28-45)58-41-60(56-21-11-13-37-64-56)68-62(66-58)50-17-7-3-8-18-50)39-54(43)55-40-53(36-31-47(55)26-24-44-15-5-2-6-16-44)46-29-34-49(35-30-46)59-42-61(57-22-12-14-38-65-57)69-63(67-59)51-19-9-4-10-20-51/h2-23,25,27-42H,24,26H2,1H3. The van der Waals surface area contributed by atoms with Gasteiger partial charge in [0.2, 0.25) is 0 Å². The maximum atomic E-state index is 5.06. The maximum Gasteiger partial charge on any atom is 0.160 e. The van der Waals surface area contributed by atoms with Gasteiger partial charge in [0.1, 0.15) is 0 Å². The van der Waals surface area contributed by atoms with Crippen molar-refractivity contribution in [3.63, 3.8) is 0 Å². The van der Waals surface area contributed by atoms with Crippen LogP contribution in [0, 0.1) is 6.92 Å². The molecule has 4 aromatic heterocycles. The highest BCUT2D eigenvalue weighted by atomic mass is 14.9. The van der Waals surface area contributed by atoms with Crippen molar-refractivity contribution in [3.05, 3.63) is 254 Å². The predicted octanol–water partition coefficient (Wildman–Crippen LogP) is 15.2. The molecule has 0 fully saturated rings. The minimum absolute atomic E-state index is 0.667. The van der Waals surface area contributed by atoms with Gasteiger partial charge in [-0.2, -0.15) is 0 Å². The second-order valence-electron chi connectivity index (χ2n) is 17.1. The fourth-order valence-electron chi connectivity index (χ4n) is 8.82. The summed E-state index contributed by atoms with van der Waals surface area (Å²) >= 11 is 0. The van der Waals surface area contributed by atoms with Crippen LogP contribution in [-0.2, 0) is 12.8 Å². The van der Waals surface area contributed by atoms with Crippen molar-refractivity contribution in [1.29, 1.82) is 0 Å². The zero-order valence-corrected chi connectivity index (χ0v) is 38.1. The first-order chi connectivity index (χ1) is 34.1. The van der Waals surface area contributed by atoms with E-state index in [9.17, 15) is 0 Å². The van der Waals surface area contributed by atoms with Crippen LogP contribution in [0.1, 0.15) is 16.7 Å². The minimum Gasteiger partial charge on any atom is -0.255 e. The van der Waals surface area contributed by atoms with Gasteiger partial charge in [0.05, 0.1) is 34.2 Å².